The number of hydrogen-bond donors (Lipinski definition) is 1. The van der Waals surface area contributed by atoms with E-state index in [2.05, 4.69) is 0 Å². The summed E-state index contributed by atoms with van der Waals surface area (Å²) in [5, 5.41) is 0. The van der Waals surface area contributed by atoms with Crippen LogP contribution in [0.5, 0.6) is 0 Å². The molecule has 1 aliphatic heterocycles. The van der Waals surface area contributed by atoms with Crippen molar-refractivity contribution in [3.8, 4) is 0 Å². The topological polar surface area (TPSA) is 83.7 Å². The van der Waals surface area contributed by atoms with E-state index < -0.39 is 16.1 Å². The third-order valence-corrected chi connectivity index (χ3v) is 4.62. The highest BCUT2D eigenvalue weighted by molar-refractivity contribution is 7.86. The molecule has 1 rings (SSSR count). The molecule has 0 spiro atoms. The van der Waals surface area contributed by atoms with E-state index in [9.17, 15) is 13.2 Å². The molecule has 1 aliphatic rings. The molecule has 1 fully saturated rings. The number of amides is 1. The van der Waals surface area contributed by atoms with Crippen molar-refractivity contribution >= 4 is 16.1 Å². The Labute approximate surface area is 96.6 Å². The number of piperidine rings is 1. The van der Waals surface area contributed by atoms with Crippen LogP contribution in [0.4, 0.5) is 0 Å². The normalized spacial score (nSPS) is 23.6. The maximum absolute atomic E-state index is 12.0. The van der Waals surface area contributed by atoms with Crippen LogP contribution in [0, 0.1) is 5.92 Å². The second kappa shape index (κ2) is 5.11. The average Bonchev–Trinajstić information content (AvgIpc) is 2.16. The van der Waals surface area contributed by atoms with E-state index in [4.69, 9.17) is 5.73 Å². The summed E-state index contributed by atoms with van der Waals surface area (Å²) in [6.07, 6.45) is 1.91. The molecule has 1 amide bonds. The Hall–Kier alpha value is -0.660. The van der Waals surface area contributed by atoms with Crippen molar-refractivity contribution in [3.05, 3.63) is 0 Å². The smallest absolute Gasteiger partial charge is 0.282 e. The molecule has 0 radical (unpaired) electrons. The summed E-state index contributed by atoms with van der Waals surface area (Å²) in [7, 11) is -2.15. The molecule has 1 unspecified atom stereocenters. The highest BCUT2D eigenvalue weighted by Crippen LogP contribution is 2.19. The van der Waals surface area contributed by atoms with Gasteiger partial charge in [-0.15, -0.1) is 0 Å². The van der Waals surface area contributed by atoms with E-state index in [1.807, 2.05) is 6.92 Å². The zero-order valence-corrected chi connectivity index (χ0v) is 10.5. The van der Waals surface area contributed by atoms with Gasteiger partial charge in [-0.25, -0.2) is 0 Å². The Bertz CT molecular complexity index is 355. The third-order valence-electron chi connectivity index (χ3n) is 2.72. The summed E-state index contributed by atoms with van der Waals surface area (Å²) >= 11 is 0. The maximum Gasteiger partial charge on any atom is 0.282 e. The number of hydrogen-bond acceptors (Lipinski definition) is 3. The Morgan fingerprint density at radius 1 is 1.56 bits per heavy atom. The van der Waals surface area contributed by atoms with Crippen molar-refractivity contribution in [3.63, 3.8) is 0 Å². The van der Waals surface area contributed by atoms with Crippen molar-refractivity contribution in [2.45, 2.75) is 19.8 Å². The SMILES string of the molecule is CC1CCCN(S(=O)(=O)N(C)CC(N)=O)C1. The lowest BCUT2D eigenvalue weighted by molar-refractivity contribution is -0.118. The first-order chi connectivity index (χ1) is 7.34. The minimum Gasteiger partial charge on any atom is -0.369 e. The minimum absolute atomic E-state index is 0.271. The molecule has 1 atom stereocenters. The first kappa shape index (κ1) is 13.4. The Morgan fingerprint density at radius 2 is 2.19 bits per heavy atom. The van der Waals surface area contributed by atoms with Gasteiger partial charge in [-0.3, -0.25) is 4.79 Å². The molecule has 0 aromatic heterocycles. The number of nitrogens with zero attached hydrogens (tertiary/aromatic N) is 2. The lowest BCUT2D eigenvalue weighted by atomic mass is 10.0. The predicted octanol–water partition coefficient (Wildman–Crippen LogP) is -0.620. The van der Waals surface area contributed by atoms with Gasteiger partial charge in [-0.1, -0.05) is 6.92 Å². The highest BCUT2D eigenvalue weighted by Gasteiger charge is 2.30. The zero-order valence-electron chi connectivity index (χ0n) is 9.72. The van der Waals surface area contributed by atoms with Gasteiger partial charge >= 0.3 is 0 Å². The van der Waals surface area contributed by atoms with E-state index >= 15 is 0 Å². The first-order valence-electron chi connectivity index (χ1n) is 5.33. The summed E-state index contributed by atoms with van der Waals surface area (Å²) in [6, 6.07) is 0. The van der Waals surface area contributed by atoms with Crippen molar-refractivity contribution in [1.82, 2.24) is 8.61 Å². The quantitative estimate of drug-likeness (QED) is 0.720. The van der Waals surface area contributed by atoms with Crippen LogP contribution in [-0.4, -0.2) is 49.6 Å². The third kappa shape index (κ3) is 3.16. The molecule has 1 heterocycles. The van der Waals surface area contributed by atoms with Crippen LogP contribution in [0.1, 0.15) is 19.8 Å². The molecular weight excluding hydrogens is 230 g/mol. The monoisotopic (exact) mass is 249 g/mol. The Kier molecular flexibility index (Phi) is 4.28. The Balaban J connectivity index is 2.72. The Morgan fingerprint density at radius 3 is 2.69 bits per heavy atom. The second-order valence-electron chi connectivity index (χ2n) is 4.34. The standard InChI is InChI=1S/C9H19N3O3S/c1-8-4-3-5-12(6-8)16(14,15)11(2)7-9(10)13/h8H,3-7H2,1-2H3,(H2,10,13). The number of rotatable bonds is 4. The largest absolute Gasteiger partial charge is 0.369 e. The van der Waals surface area contributed by atoms with Gasteiger partial charge < -0.3 is 5.73 Å². The van der Waals surface area contributed by atoms with Crippen molar-refractivity contribution < 1.29 is 13.2 Å². The van der Waals surface area contributed by atoms with Gasteiger partial charge in [-0.05, 0) is 18.8 Å². The molecule has 94 valence electrons. The van der Waals surface area contributed by atoms with Crippen molar-refractivity contribution in [2.75, 3.05) is 26.7 Å². The summed E-state index contributed by atoms with van der Waals surface area (Å²) < 4.78 is 26.4. The van der Waals surface area contributed by atoms with E-state index in [0.29, 0.717) is 19.0 Å². The van der Waals surface area contributed by atoms with E-state index in [-0.39, 0.29) is 6.54 Å². The molecule has 0 aromatic rings. The fourth-order valence-corrected chi connectivity index (χ4v) is 3.34. The molecule has 2 N–H and O–H groups in total. The number of nitrogens with two attached hydrogens (primary N) is 1. The molecule has 6 nitrogen and oxygen atoms in total. The van der Waals surface area contributed by atoms with Crippen molar-refractivity contribution in [2.24, 2.45) is 11.7 Å². The highest BCUT2D eigenvalue weighted by atomic mass is 32.2. The molecule has 0 aliphatic carbocycles. The number of primary amides is 1. The van der Waals surface area contributed by atoms with Crippen LogP contribution < -0.4 is 5.73 Å². The van der Waals surface area contributed by atoms with E-state index in [1.165, 1.54) is 11.4 Å². The lowest BCUT2D eigenvalue weighted by Gasteiger charge is -2.32. The van der Waals surface area contributed by atoms with Gasteiger partial charge in [0.05, 0.1) is 6.54 Å². The molecule has 1 saturated heterocycles. The number of carbonyl (C=O) groups excluding carboxylic acids is 1. The predicted molar refractivity (Wildman–Crippen MR) is 60.7 cm³/mol. The molecule has 16 heavy (non-hydrogen) atoms. The minimum atomic E-state index is -3.52. The molecule has 0 aromatic carbocycles. The van der Waals surface area contributed by atoms with Gasteiger partial charge in [0, 0.05) is 20.1 Å². The van der Waals surface area contributed by atoms with Crippen LogP contribution in [0.2, 0.25) is 0 Å². The zero-order chi connectivity index (χ0) is 12.3. The fourth-order valence-electron chi connectivity index (χ4n) is 1.85. The second-order valence-corrected chi connectivity index (χ2v) is 6.37. The van der Waals surface area contributed by atoms with Crippen LogP contribution in [0.25, 0.3) is 0 Å². The van der Waals surface area contributed by atoms with Gasteiger partial charge in [0.15, 0.2) is 0 Å². The molecule has 0 saturated carbocycles. The average molecular weight is 249 g/mol. The van der Waals surface area contributed by atoms with Gasteiger partial charge in [0.1, 0.15) is 0 Å². The van der Waals surface area contributed by atoms with E-state index in [0.717, 1.165) is 17.1 Å². The van der Waals surface area contributed by atoms with Crippen LogP contribution in [0.3, 0.4) is 0 Å². The summed E-state index contributed by atoms with van der Waals surface area (Å²) in [4.78, 5) is 10.7. The van der Waals surface area contributed by atoms with Crippen molar-refractivity contribution in [1.29, 1.82) is 0 Å². The number of likely N-dealkylation sites (N-methyl/N-ethyl adjacent to an activating group) is 1. The van der Waals surface area contributed by atoms with Crippen LogP contribution in [-0.2, 0) is 15.0 Å². The van der Waals surface area contributed by atoms with Crippen LogP contribution >= 0.6 is 0 Å². The van der Waals surface area contributed by atoms with Gasteiger partial charge in [-0.2, -0.15) is 17.0 Å². The number of carbonyl (C=O) groups is 1. The summed E-state index contributed by atoms with van der Waals surface area (Å²) in [5.41, 5.74) is 4.98. The van der Waals surface area contributed by atoms with Gasteiger partial charge in [0.2, 0.25) is 5.91 Å². The lowest BCUT2D eigenvalue weighted by Crippen LogP contribution is -2.48. The maximum atomic E-state index is 12.0. The van der Waals surface area contributed by atoms with Crippen LogP contribution in [0.15, 0.2) is 0 Å². The summed E-state index contributed by atoms with van der Waals surface area (Å²) in [6.45, 7) is 2.80. The first-order valence-corrected chi connectivity index (χ1v) is 6.73. The molecule has 7 heteroatoms. The fraction of sp³-hybridized carbons (Fsp3) is 0.889. The van der Waals surface area contributed by atoms with Gasteiger partial charge in [0.25, 0.3) is 10.2 Å². The molecule has 0 bridgehead atoms. The van der Waals surface area contributed by atoms with E-state index in [1.54, 1.807) is 0 Å². The summed E-state index contributed by atoms with van der Waals surface area (Å²) in [5.74, 6) is -0.276. The molecular formula is C9H19N3O3S.